The molecule has 0 aliphatic carbocycles. The molecule has 0 amide bonds. The number of fused-ring (bicyclic) bond motifs is 1. The number of nitrogens with zero attached hydrogens (tertiary/aromatic N) is 4. The van der Waals surface area contributed by atoms with Crippen LogP contribution in [0.4, 0.5) is 5.69 Å². The molecular weight excluding hydrogens is 340 g/mol. The van der Waals surface area contributed by atoms with E-state index in [-0.39, 0.29) is 0 Å². The lowest BCUT2D eigenvalue weighted by molar-refractivity contribution is 0.282. The summed E-state index contributed by atoms with van der Waals surface area (Å²) in [6.07, 6.45) is 3.36. The van der Waals surface area contributed by atoms with Crippen molar-refractivity contribution in [3.05, 3.63) is 52.6 Å². The Labute approximate surface area is 159 Å². The predicted molar refractivity (Wildman–Crippen MR) is 110 cm³/mol. The smallest absolute Gasteiger partial charge is 0.0795 e. The molecular formula is C21H26N4S. The number of hydrogen-bond donors (Lipinski definition) is 0. The molecule has 1 aliphatic heterocycles. The van der Waals surface area contributed by atoms with Gasteiger partial charge in [-0.15, -0.1) is 11.3 Å². The summed E-state index contributed by atoms with van der Waals surface area (Å²) in [5.74, 6) is 0. The van der Waals surface area contributed by atoms with Crippen molar-refractivity contribution in [1.82, 2.24) is 14.9 Å². The van der Waals surface area contributed by atoms with Crippen LogP contribution in [0.1, 0.15) is 31.2 Å². The second-order valence-electron chi connectivity index (χ2n) is 7.00. The minimum absolute atomic E-state index is 0.968. The quantitative estimate of drug-likeness (QED) is 0.672. The summed E-state index contributed by atoms with van der Waals surface area (Å²) in [5.41, 5.74) is 6.82. The van der Waals surface area contributed by atoms with E-state index < -0.39 is 0 Å². The molecule has 136 valence electrons. The van der Waals surface area contributed by atoms with Crippen molar-refractivity contribution in [3.63, 3.8) is 0 Å². The molecule has 0 saturated carbocycles. The van der Waals surface area contributed by atoms with Crippen molar-refractivity contribution in [1.29, 1.82) is 0 Å². The van der Waals surface area contributed by atoms with Gasteiger partial charge >= 0.3 is 0 Å². The minimum Gasteiger partial charge on any atom is -0.370 e. The van der Waals surface area contributed by atoms with E-state index in [2.05, 4.69) is 57.4 Å². The fraction of sp³-hybridized carbons (Fsp3) is 0.429. The first-order chi connectivity index (χ1) is 12.8. The third-order valence-corrected chi connectivity index (χ3v) is 5.69. The monoisotopic (exact) mass is 366 g/mol. The van der Waals surface area contributed by atoms with Crippen LogP contribution in [-0.4, -0.2) is 41.0 Å². The average molecular weight is 367 g/mol. The number of hydrogen-bond acceptors (Lipinski definition) is 5. The fourth-order valence-corrected chi connectivity index (χ4v) is 4.32. The van der Waals surface area contributed by atoms with Crippen molar-refractivity contribution in [2.24, 2.45) is 0 Å². The van der Waals surface area contributed by atoms with Gasteiger partial charge in [-0.25, -0.2) is 4.98 Å². The zero-order valence-corrected chi connectivity index (χ0v) is 16.2. The van der Waals surface area contributed by atoms with Gasteiger partial charge in [0.25, 0.3) is 0 Å². The lowest BCUT2D eigenvalue weighted by atomic mass is 10.1. The third-order valence-electron chi connectivity index (χ3n) is 5.05. The number of rotatable bonds is 5. The van der Waals surface area contributed by atoms with Crippen LogP contribution >= 0.6 is 11.3 Å². The van der Waals surface area contributed by atoms with E-state index in [9.17, 15) is 0 Å². The highest BCUT2D eigenvalue weighted by Gasteiger charge is 2.18. The van der Waals surface area contributed by atoms with E-state index in [0.717, 1.165) is 51.1 Å². The SMILES string of the molecule is CCCc1cc(N2CCCN(Cc3cscn3)CC2)c2ccccc2n1. The third kappa shape index (κ3) is 3.89. The van der Waals surface area contributed by atoms with Gasteiger partial charge in [0.05, 0.1) is 16.7 Å². The number of benzene rings is 1. The van der Waals surface area contributed by atoms with E-state index in [0.29, 0.717) is 0 Å². The summed E-state index contributed by atoms with van der Waals surface area (Å²) in [5, 5.41) is 3.44. The van der Waals surface area contributed by atoms with Crippen LogP contribution in [0.15, 0.2) is 41.2 Å². The summed E-state index contributed by atoms with van der Waals surface area (Å²) in [4.78, 5) is 14.4. The Morgan fingerprint density at radius 1 is 1.08 bits per heavy atom. The summed E-state index contributed by atoms with van der Waals surface area (Å²) >= 11 is 1.68. The molecule has 4 nitrogen and oxygen atoms in total. The van der Waals surface area contributed by atoms with Crippen LogP contribution in [0.5, 0.6) is 0 Å². The Balaban J connectivity index is 1.56. The molecule has 1 aliphatic rings. The first-order valence-electron chi connectivity index (χ1n) is 9.56. The summed E-state index contributed by atoms with van der Waals surface area (Å²) in [6.45, 7) is 7.57. The van der Waals surface area contributed by atoms with Gasteiger partial charge in [-0.3, -0.25) is 9.88 Å². The van der Waals surface area contributed by atoms with Gasteiger partial charge < -0.3 is 4.90 Å². The maximum absolute atomic E-state index is 4.86. The zero-order chi connectivity index (χ0) is 17.8. The van der Waals surface area contributed by atoms with Gasteiger partial charge in [0.2, 0.25) is 0 Å². The fourth-order valence-electron chi connectivity index (χ4n) is 3.77. The van der Waals surface area contributed by atoms with Crippen molar-refractivity contribution in [3.8, 4) is 0 Å². The molecule has 4 rings (SSSR count). The molecule has 1 saturated heterocycles. The zero-order valence-electron chi connectivity index (χ0n) is 15.4. The van der Waals surface area contributed by atoms with E-state index in [4.69, 9.17) is 4.98 Å². The van der Waals surface area contributed by atoms with Crippen molar-refractivity contribution >= 4 is 27.9 Å². The van der Waals surface area contributed by atoms with E-state index in [1.54, 1.807) is 11.3 Å². The van der Waals surface area contributed by atoms with Crippen molar-refractivity contribution in [2.75, 3.05) is 31.1 Å². The molecule has 0 atom stereocenters. The lowest BCUT2D eigenvalue weighted by Crippen LogP contribution is -2.30. The summed E-state index contributed by atoms with van der Waals surface area (Å²) < 4.78 is 0. The number of anilines is 1. The standard InChI is InChI=1S/C21H26N4S/c1-2-6-17-13-21(19-7-3-4-8-20(19)23-17)25-10-5-9-24(11-12-25)14-18-15-26-16-22-18/h3-4,7-8,13,15-16H,2,5-6,9-12,14H2,1H3. The van der Waals surface area contributed by atoms with E-state index in [1.165, 1.54) is 28.9 Å². The molecule has 3 aromatic rings. The van der Waals surface area contributed by atoms with Crippen LogP contribution in [-0.2, 0) is 13.0 Å². The molecule has 0 unspecified atom stereocenters. The molecule has 1 aromatic carbocycles. The number of pyridine rings is 1. The minimum atomic E-state index is 0.968. The molecule has 0 radical (unpaired) electrons. The van der Waals surface area contributed by atoms with Gasteiger partial charge in [-0.05, 0) is 25.0 Å². The number of thiazole rings is 1. The number of para-hydroxylation sites is 1. The second kappa shape index (κ2) is 8.14. The molecule has 5 heteroatoms. The molecule has 0 spiro atoms. The topological polar surface area (TPSA) is 32.3 Å². The van der Waals surface area contributed by atoms with Crippen LogP contribution in [0.2, 0.25) is 0 Å². The van der Waals surface area contributed by atoms with Crippen LogP contribution in [0.25, 0.3) is 10.9 Å². The highest BCUT2D eigenvalue weighted by Crippen LogP contribution is 2.28. The molecule has 0 bridgehead atoms. The van der Waals surface area contributed by atoms with Crippen LogP contribution in [0.3, 0.4) is 0 Å². The maximum atomic E-state index is 4.86. The molecule has 0 N–H and O–H groups in total. The second-order valence-corrected chi connectivity index (χ2v) is 7.72. The van der Waals surface area contributed by atoms with Crippen LogP contribution < -0.4 is 4.90 Å². The van der Waals surface area contributed by atoms with Crippen molar-refractivity contribution < 1.29 is 0 Å². The Morgan fingerprint density at radius 3 is 2.85 bits per heavy atom. The van der Waals surface area contributed by atoms with E-state index in [1.807, 2.05) is 5.51 Å². The Kier molecular flexibility index (Phi) is 5.46. The molecule has 2 aromatic heterocycles. The van der Waals surface area contributed by atoms with Gasteiger partial charge in [-0.1, -0.05) is 31.5 Å². The Hall–Kier alpha value is -1.98. The molecule has 3 heterocycles. The maximum Gasteiger partial charge on any atom is 0.0795 e. The van der Waals surface area contributed by atoms with E-state index >= 15 is 0 Å². The Bertz CT molecular complexity index is 846. The first-order valence-corrected chi connectivity index (χ1v) is 10.5. The van der Waals surface area contributed by atoms with Gasteiger partial charge in [0.1, 0.15) is 0 Å². The largest absolute Gasteiger partial charge is 0.370 e. The normalized spacial score (nSPS) is 16.1. The Morgan fingerprint density at radius 2 is 2.00 bits per heavy atom. The summed E-state index contributed by atoms with van der Waals surface area (Å²) in [6, 6.07) is 10.9. The number of aromatic nitrogens is 2. The van der Waals surface area contributed by atoms with Crippen LogP contribution in [0, 0.1) is 0 Å². The molecule has 1 fully saturated rings. The van der Waals surface area contributed by atoms with Crippen molar-refractivity contribution in [2.45, 2.75) is 32.7 Å². The van der Waals surface area contributed by atoms with Gasteiger partial charge in [0, 0.05) is 54.9 Å². The number of aryl methyl sites for hydroxylation is 1. The summed E-state index contributed by atoms with van der Waals surface area (Å²) in [7, 11) is 0. The van der Waals surface area contributed by atoms with Gasteiger partial charge in [0.15, 0.2) is 0 Å². The van der Waals surface area contributed by atoms with Gasteiger partial charge in [-0.2, -0.15) is 0 Å². The lowest BCUT2D eigenvalue weighted by Gasteiger charge is -2.25. The first kappa shape index (κ1) is 17.4. The highest BCUT2D eigenvalue weighted by atomic mass is 32.1. The highest BCUT2D eigenvalue weighted by molar-refractivity contribution is 7.07. The average Bonchev–Trinajstić information content (AvgIpc) is 3.06. The predicted octanol–water partition coefficient (Wildman–Crippen LogP) is 4.36. The molecule has 26 heavy (non-hydrogen) atoms.